The molecule has 0 aliphatic carbocycles. The lowest BCUT2D eigenvalue weighted by atomic mass is 10.1. The summed E-state index contributed by atoms with van der Waals surface area (Å²) in [6.45, 7) is 6.83. The number of unbranched alkanes of at least 4 members (excludes halogenated alkanes) is 8. The predicted octanol–water partition coefficient (Wildman–Crippen LogP) is 1.45. The number of carbonyl (C=O) groups is 3. The highest BCUT2D eigenvalue weighted by Gasteiger charge is 2.14. The van der Waals surface area contributed by atoms with E-state index in [1.807, 2.05) is 0 Å². The lowest BCUT2D eigenvalue weighted by Crippen LogP contribution is -2.35. The molecule has 13 heteroatoms. The number of hydrogen-bond donors (Lipinski definition) is 7. The van der Waals surface area contributed by atoms with Gasteiger partial charge in [0.25, 0.3) is 0 Å². The molecule has 0 heterocycles. The Labute approximate surface area is 259 Å². The van der Waals surface area contributed by atoms with Crippen LogP contribution >= 0.6 is 0 Å². The lowest BCUT2D eigenvalue weighted by Gasteiger charge is -2.22. The summed E-state index contributed by atoms with van der Waals surface area (Å²) in [5.41, 5.74) is 21.4. The maximum absolute atomic E-state index is 12.7. The van der Waals surface area contributed by atoms with Crippen LogP contribution in [0.1, 0.15) is 110 Å². The van der Waals surface area contributed by atoms with Crippen LogP contribution in [0.25, 0.3) is 0 Å². The molecule has 3 amide bonds. The third-order valence-corrected chi connectivity index (χ3v) is 6.89. The molecule has 0 aromatic rings. The molecule has 0 saturated heterocycles. The van der Waals surface area contributed by atoms with E-state index in [-0.39, 0.29) is 42.5 Å². The summed E-state index contributed by atoms with van der Waals surface area (Å²) in [6, 6.07) is 0. The van der Waals surface area contributed by atoms with E-state index in [2.05, 4.69) is 32.9 Å². The van der Waals surface area contributed by atoms with E-state index < -0.39 is 0 Å². The highest BCUT2D eigenvalue weighted by molar-refractivity contribution is 5.83. The maximum Gasteiger partial charge on any atom is 0.223 e. The molecule has 0 atom stereocenters. The average molecular weight is 611 g/mol. The van der Waals surface area contributed by atoms with Crippen molar-refractivity contribution in [2.75, 3.05) is 52.4 Å². The Balaban J connectivity index is 3.85. The fraction of sp³-hybridized carbons (Fsp3) is 0.833. The zero-order valence-electron chi connectivity index (χ0n) is 26.8. The summed E-state index contributed by atoms with van der Waals surface area (Å²) in [6.07, 6.45) is 15.0. The average Bonchev–Trinajstić information content (AvgIpc) is 2.97. The molecule has 0 aromatic heterocycles. The van der Waals surface area contributed by atoms with Crippen molar-refractivity contribution in [1.82, 2.24) is 20.9 Å². The number of rotatable bonds is 29. The van der Waals surface area contributed by atoms with Gasteiger partial charge in [-0.05, 0) is 45.2 Å². The molecule has 13 nitrogen and oxygen atoms in total. The first-order valence-electron chi connectivity index (χ1n) is 16.4. The molecule has 0 bridgehead atoms. The van der Waals surface area contributed by atoms with Crippen molar-refractivity contribution in [2.24, 2.45) is 32.9 Å². The predicted molar refractivity (Wildman–Crippen MR) is 176 cm³/mol. The summed E-state index contributed by atoms with van der Waals surface area (Å²) in [4.78, 5) is 46.5. The van der Waals surface area contributed by atoms with Gasteiger partial charge in [-0.2, -0.15) is 0 Å². The molecule has 0 saturated carbocycles. The van der Waals surface area contributed by atoms with Crippen LogP contribution in [0.3, 0.4) is 0 Å². The number of nitrogens with two attached hydrogens (primary N) is 4. The van der Waals surface area contributed by atoms with Gasteiger partial charge in [0.1, 0.15) is 0 Å². The van der Waals surface area contributed by atoms with Gasteiger partial charge in [0.05, 0.1) is 0 Å². The zero-order chi connectivity index (χ0) is 32.0. The van der Waals surface area contributed by atoms with E-state index in [0.717, 1.165) is 38.8 Å². The molecule has 43 heavy (non-hydrogen) atoms. The normalized spacial score (nSPS) is 10.6. The van der Waals surface area contributed by atoms with Gasteiger partial charge in [0.2, 0.25) is 17.7 Å². The number of nitrogens with zero attached hydrogens (tertiary/aromatic N) is 3. The minimum absolute atomic E-state index is 0.0146. The van der Waals surface area contributed by atoms with E-state index in [4.69, 9.17) is 22.9 Å². The fourth-order valence-corrected chi connectivity index (χ4v) is 4.46. The third kappa shape index (κ3) is 28.8. The van der Waals surface area contributed by atoms with Crippen molar-refractivity contribution in [3.8, 4) is 0 Å². The Morgan fingerprint density at radius 2 is 1.02 bits per heavy atom. The van der Waals surface area contributed by atoms with E-state index >= 15 is 0 Å². The van der Waals surface area contributed by atoms with E-state index in [9.17, 15) is 14.4 Å². The SMILES string of the molecule is CCCCCCCCCCCC(=O)NCCCNCCCNC(=O)CCC(=O)N(CCCN=C(N)N)CCCN=C(N)N. The number of nitrogens with one attached hydrogen (secondary N) is 3. The first-order valence-corrected chi connectivity index (χ1v) is 16.4. The van der Waals surface area contributed by atoms with Crippen molar-refractivity contribution in [1.29, 1.82) is 0 Å². The van der Waals surface area contributed by atoms with Gasteiger partial charge in [0, 0.05) is 58.5 Å². The molecule has 0 radical (unpaired) electrons. The topological polar surface area (TPSA) is 219 Å². The molecule has 0 rings (SSSR count). The molecule has 11 N–H and O–H groups in total. The van der Waals surface area contributed by atoms with Crippen molar-refractivity contribution in [3.63, 3.8) is 0 Å². The Morgan fingerprint density at radius 1 is 0.558 bits per heavy atom. The minimum Gasteiger partial charge on any atom is -0.370 e. The van der Waals surface area contributed by atoms with Crippen LogP contribution in [0.15, 0.2) is 9.98 Å². The number of aliphatic imine (C=N–C) groups is 2. The highest BCUT2D eigenvalue weighted by Crippen LogP contribution is 2.10. The van der Waals surface area contributed by atoms with Crippen LogP contribution in [-0.2, 0) is 14.4 Å². The Morgan fingerprint density at radius 3 is 1.51 bits per heavy atom. The molecule has 0 aliphatic rings. The smallest absolute Gasteiger partial charge is 0.223 e. The molecular weight excluding hydrogens is 548 g/mol. The number of amides is 3. The molecule has 0 aliphatic heterocycles. The lowest BCUT2D eigenvalue weighted by molar-refractivity contribution is -0.133. The van der Waals surface area contributed by atoms with Gasteiger partial charge in [-0.25, -0.2) is 0 Å². The number of hydrogen-bond acceptors (Lipinski definition) is 6. The first-order chi connectivity index (χ1) is 20.8. The Bertz CT molecular complexity index is 760. The van der Waals surface area contributed by atoms with E-state index in [1.54, 1.807) is 4.90 Å². The standard InChI is InChI=1S/C30H62N10O3/c1-2-3-4-5-6-7-8-9-10-15-26(41)36-20-11-18-35-19-12-21-37-27(42)16-17-28(43)40(24-13-22-38-29(31)32)25-14-23-39-30(33)34/h35H,2-25H2,1H3,(H,36,41)(H,37,42)(H4,31,32,38)(H4,33,34,39). The Hall–Kier alpha value is -3.09. The monoisotopic (exact) mass is 611 g/mol. The number of guanidine groups is 2. The highest BCUT2D eigenvalue weighted by atomic mass is 16.2. The first kappa shape index (κ1) is 39.9. The summed E-state index contributed by atoms with van der Waals surface area (Å²) < 4.78 is 0. The maximum atomic E-state index is 12.7. The van der Waals surface area contributed by atoms with Gasteiger partial charge in [-0.1, -0.05) is 58.3 Å². The molecule has 0 fully saturated rings. The van der Waals surface area contributed by atoms with Gasteiger partial charge < -0.3 is 43.8 Å². The molecule has 0 unspecified atom stereocenters. The van der Waals surface area contributed by atoms with E-state index in [1.165, 1.54) is 44.9 Å². The summed E-state index contributed by atoms with van der Waals surface area (Å²) in [7, 11) is 0. The van der Waals surface area contributed by atoms with Crippen LogP contribution < -0.4 is 38.9 Å². The van der Waals surface area contributed by atoms with Crippen molar-refractivity contribution >= 4 is 29.6 Å². The van der Waals surface area contributed by atoms with Gasteiger partial charge >= 0.3 is 0 Å². The largest absolute Gasteiger partial charge is 0.370 e. The third-order valence-electron chi connectivity index (χ3n) is 6.89. The van der Waals surface area contributed by atoms with Crippen molar-refractivity contribution in [2.45, 2.75) is 110 Å². The molecule has 0 aromatic carbocycles. The summed E-state index contributed by atoms with van der Waals surface area (Å²) in [5, 5.41) is 9.20. The summed E-state index contributed by atoms with van der Waals surface area (Å²) in [5.74, 6) is -0.0822. The van der Waals surface area contributed by atoms with Crippen LogP contribution in [0.2, 0.25) is 0 Å². The number of carbonyl (C=O) groups excluding carboxylic acids is 3. The quantitative estimate of drug-likeness (QED) is 0.0372. The van der Waals surface area contributed by atoms with E-state index in [0.29, 0.717) is 58.5 Å². The second-order valence-electron chi connectivity index (χ2n) is 10.9. The second-order valence-corrected chi connectivity index (χ2v) is 10.9. The van der Waals surface area contributed by atoms with Crippen LogP contribution in [0.4, 0.5) is 0 Å². The molecule has 0 spiro atoms. The summed E-state index contributed by atoms with van der Waals surface area (Å²) >= 11 is 0. The van der Waals surface area contributed by atoms with Gasteiger partial charge in [-0.3, -0.25) is 24.4 Å². The van der Waals surface area contributed by atoms with Crippen molar-refractivity contribution < 1.29 is 14.4 Å². The van der Waals surface area contributed by atoms with Gasteiger partial charge in [0.15, 0.2) is 11.9 Å². The van der Waals surface area contributed by atoms with Crippen LogP contribution in [0, 0.1) is 0 Å². The Kier molecular flexibility index (Phi) is 26.9. The van der Waals surface area contributed by atoms with Crippen molar-refractivity contribution in [3.05, 3.63) is 0 Å². The van der Waals surface area contributed by atoms with Crippen LogP contribution in [0.5, 0.6) is 0 Å². The molecule has 250 valence electrons. The fourth-order valence-electron chi connectivity index (χ4n) is 4.46. The van der Waals surface area contributed by atoms with Gasteiger partial charge in [-0.15, -0.1) is 0 Å². The second kappa shape index (κ2) is 29.0. The molecular formula is C30H62N10O3. The van der Waals surface area contributed by atoms with Crippen LogP contribution in [-0.4, -0.2) is 86.9 Å². The minimum atomic E-state index is -0.149. The zero-order valence-corrected chi connectivity index (χ0v) is 26.8.